The van der Waals surface area contributed by atoms with Gasteiger partial charge in [0.25, 0.3) is 0 Å². The van der Waals surface area contributed by atoms with E-state index in [4.69, 9.17) is 14.0 Å². The van der Waals surface area contributed by atoms with Crippen molar-refractivity contribution >= 4 is 25.5 Å². The Labute approximate surface area is 272 Å². The quantitative estimate of drug-likeness (QED) is 0.185. The molecule has 254 valence electrons. The molecule has 0 aromatic heterocycles. The highest BCUT2D eigenvalue weighted by atomic mass is 31.2. The molecular formula is C34H49N2O9P. The van der Waals surface area contributed by atoms with Crippen LogP contribution in [-0.2, 0) is 29.9 Å². The lowest BCUT2D eigenvalue weighted by Gasteiger charge is -2.45. The third-order valence-corrected chi connectivity index (χ3v) is 10.9. The summed E-state index contributed by atoms with van der Waals surface area (Å²) < 4.78 is 30.9. The highest BCUT2D eigenvalue weighted by Gasteiger charge is 2.58. The molecular weight excluding hydrogens is 611 g/mol. The van der Waals surface area contributed by atoms with Crippen LogP contribution < -0.4 is 0 Å². The second kappa shape index (κ2) is 15.0. The normalized spacial score (nSPS) is 20.6. The molecule has 2 aromatic carbocycles. The van der Waals surface area contributed by atoms with Gasteiger partial charge < -0.3 is 24.2 Å². The van der Waals surface area contributed by atoms with Crippen molar-refractivity contribution < 1.29 is 43.2 Å². The van der Waals surface area contributed by atoms with Crippen LogP contribution in [0.2, 0.25) is 0 Å². The molecule has 0 saturated carbocycles. The summed E-state index contributed by atoms with van der Waals surface area (Å²) >= 11 is 0. The maximum Gasteiger partial charge on any atom is 0.419 e. The first kappa shape index (κ1) is 37.1. The summed E-state index contributed by atoms with van der Waals surface area (Å²) in [5, 5.41) is 18.7. The number of imide groups is 1. The zero-order valence-corrected chi connectivity index (χ0v) is 29.0. The predicted octanol–water partition coefficient (Wildman–Crippen LogP) is 7.36. The molecule has 2 amide bonds. The van der Waals surface area contributed by atoms with E-state index in [0.717, 1.165) is 21.6 Å². The Morgan fingerprint density at radius 2 is 1.52 bits per heavy atom. The van der Waals surface area contributed by atoms with Crippen LogP contribution in [0.4, 0.5) is 9.59 Å². The number of benzene rings is 2. The van der Waals surface area contributed by atoms with Crippen molar-refractivity contribution in [1.29, 1.82) is 0 Å². The Morgan fingerprint density at radius 3 is 2.07 bits per heavy atom. The van der Waals surface area contributed by atoms with Crippen molar-refractivity contribution in [1.82, 2.24) is 9.80 Å². The number of nitrogens with zero attached hydrogens (tertiary/aromatic N) is 2. The minimum Gasteiger partial charge on any atom is -0.508 e. The minimum atomic E-state index is -3.65. The van der Waals surface area contributed by atoms with E-state index in [1.807, 2.05) is 41.3 Å². The van der Waals surface area contributed by atoms with E-state index in [2.05, 4.69) is 0 Å². The average molecular weight is 661 g/mol. The molecule has 3 rings (SSSR count). The Kier molecular flexibility index (Phi) is 12.1. The molecule has 1 aliphatic rings. The van der Waals surface area contributed by atoms with Crippen LogP contribution in [0.5, 0.6) is 5.75 Å². The van der Waals surface area contributed by atoms with Crippen molar-refractivity contribution in [2.45, 2.75) is 90.6 Å². The van der Waals surface area contributed by atoms with Gasteiger partial charge in [0.05, 0.1) is 6.61 Å². The van der Waals surface area contributed by atoms with E-state index in [0.29, 0.717) is 13.1 Å². The number of phenols is 1. The zero-order chi connectivity index (χ0) is 34.3. The third-order valence-electron chi connectivity index (χ3n) is 7.62. The molecule has 46 heavy (non-hydrogen) atoms. The molecule has 0 radical (unpaired) electrons. The van der Waals surface area contributed by atoms with Gasteiger partial charge in [-0.2, -0.15) is 0 Å². The van der Waals surface area contributed by atoms with Crippen molar-refractivity contribution in [3.8, 4) is 16.9 Å². The Morgan fingerprint density at radius 1 is 0.935 bits per heavy atom. The summed E-state index contributed by atoms with van der Waals surface area (Å²) in [7, 11) is -3.65. The Bertz CT molecular complexity index is 1390. The number of aromatic hydroxyl groups is 1. The summed E-state index contributed by atoms with van der Waals surface area (Å²) in [6.07, 6.45) is -1.12. The zero-order valence-electron chi connectivity index (χ0n) is 28.1. The number of carboxylic acids is 1. The van der Waals surface area contributed by atoms with E-state index in [-0.39, 0.29) is 50.9 Å². The maximum absolute atomic E-state index is 14.3. The molecule has 2 atom stereocenters. The monoisotopic (exact) mass is 660 g/mol. The summed E-state index contributed by atoms with van der Waals surface area (Å²) in [6.45, 7) is 12.7. The molecule has 0 spiro atoms. The van der Waals surface area contributed by atoms with E-state index in [1.165, 1.54) is 0 Å². The van der Waals surface area contributed by atoms with E-state index >= 15 is 0 Å². The highest BCUT2D eigenvalue weighted by Crippen LogP contribution is 2.63. The first-order chi connectivity index (χ1) is 21.4. The topological polar surface area (TPSA) is 143 Å². The van der Waals surface area contributed by atoms with Gasteiger partial charge in [-0.05, 0) is 96.6 Å². The molecule has 12 heteroatoms. The van der Waals surface area contributed by atoms with Crippen molar-refractivity contribution in [3.63, 3.8) is 0 Å². The molecule has 0 bridgehead atoms. The minimum absolute atomic E-state index is 0.00533. The number of carbonyl (C=O) groups excluding carboxylic acids is 2. The van der Waals surface area contributed by atoms with Gasteiger partial charge in [-0.3, -0.25) is 14.3 Å². The molecule has 1 aliphatic heterocycles. The Hall–Kier alpha value is -3.40. The molecule has 11 nitrogen and oxygen atoms in total. The molecule has 2 aromatic rings. The molecule has 1 fully saturated rings. The average Bonchev–Trinajstić information content (AvgIpc) is 2.93. The summed E-state index contributed by atoms with van der Waals surface area (Å²) in [4.78, 5) is 41.8. The van der Waals surface area contributed by atoms with Crippen molar-refractivity contribution in [2.75, 3.05) is 32.4 Å². The number of aliphatic carboxylic acids is 1. The number of phenolic OH excluding ortho intramolecular Hbond substituents is 1. The molecule has 1 saturated heterocycles. The number of carbonyl (C=O) groups is 3. The number of rotatable bonds is 11. The maximum atomic E-state index is 14.3. The molecule has 2 unspecified atom stereocenters. The van der Waals surface area contributed by atoms with Gasteiger partial charge in [0.2, 0.25) is 7.37 Å². The van der Waals surface area contributed by atoms with E-state index in [1.54, 1.807) is 60.6 Å². The fourth-order valence-corrected chi connectivity index (χ4v) is 8.52. The predicted molar refractivity (Wildman–Crippen MR) is 176 cm³/mol. The van der Waals surface area contributed by atoms with Crippen LogP contribution in [0.25, 0.3) is 11.1 Å². The summed E-state index contributed by atoms with van der Waals surface area (Å²) in [6, 6.07) is 14.7. The smallest absolute Gasteiger partial charge is 0.419 e. The second-order valence-corrected chi connectivity index (χ2v) is 16.5. The van der Waals surface area contributed by atoms with Gasteiger partial charge in [-0.1, -0.05) is 36.4 Å². The molecule has 2 N–H and O–H groups in total. The second-order valence-electron chi connectivity index (χ2n) is 13.6. The summed E-state index contributed by atoms with van der Waals surface area (Å²) in [5.41, 5.74) is 1.13. The van der Waals surface area contributed by atoms with Gasteiger partial charge in [0, 0.05) is 32.3 Å². The van der Waals surface area contributed by atoms with Crippen LogP contribution >= 0.6 is 7.37 Å². The first-order valence-electron chi connectivity index (χ1n) is 15.7. The van der Waals surface area contributed by atoms with Crippen LogP contribution in [0.3, 0.4) is 0 Å². The largest absolute Gasteiger partial charge is 0.508 e. The van der Waals surface area contributed by atoms with Crippen LogP contribution in [0, 0.1) is 0 Å². The van der Waals surface area contributed by atoms with Gasteiger partial charge in [-0.15, -0.1) is 0 Å². The van der Waals surface area contributed by atoms with Crippen LogP contribution in [-0.4, -0.2) is 86.9 Å². The number of ether oxygens (including phenoxy) is 2. The third kappa shape index (κ3) is 9.56. The van der Waals surface area contributed by atoms with Gasteiger partial charge in [0.1, 0.15) is 17.0 Å². The molecule has 0 aliphatic carbocycles. The lowest BCUT2D eigenvalue weighted by Crippen LogP contribution is -2.54. The van der Waals surface area contributed by atoms with Gasteiger partial charge in [0.15, 0.2) is 5.16 Å². The first-order valence-corrected chi connectivity index (χ1v) is 17.5. The summed E-state index contributed by atoms with van der Waals surface area (Å²) in [5.74, 6) is -1.03. The van der Waals surface area contributed by atoms with Crippen LogP contribution in [0.1, 0.15) is 73.3 Å². The number of unbranched alkanes of at least 4 members (excludes halogenated alkanes) is 1. The van der Waals surface area contributed by atoms with E-state index < -0.39 is 41.9 Å². The standard InChI is InChI=1S/C34H49N2O9P/c1-8-43-46(42)22-21-35(23-26-13-9-10-14-28(26)25-15-17-27(37)18-16-25)24-34(46,29(38)39)19-11-12-20-36(30(40)44-32(2,3)4)31(41)45-33(5,6)7/h9-10,13-18,37H,8,11-12,19-24H2,1-7H3,(H,38,39). The van der Waals surface area contributed by atoms with E-state index in [9.17, 15) is 29.2 Å². The molecule has 1 heterocycles. The highest BCUT2D eigenvalue weighted by molar-refractivity contribution is 7.62. The fourth-order valence-electron chi connectivity index (χ4n) is 5.55. The lowest BCUT2D eigenvalue weighted by atomic mass is 9.97. The van der Waals surface area contributed by atoms with Crippen molar-refractivity contribution in [2.24, 2.45) is 0 Å². The SMILES string of the molecule is CCOP1(=O)CCN(Cc2ccccc2-c2ccc(O)cc2)CC1(CCCCN(C(=O)OC(C)(C)C)C(=O)OC(C)(C)C)C(=O)O. The van der Waals surface area contributed by atoms with Crippen molar-refractivity contribution in [3.05, 3.63) is 54.1 Å². The number of hydrogen-bond donors (Lipinski definition) is 2. The number of amides is 2. The Balaban J connectivity index is 1.83. The van der Waals surface area contributed by atoms with Crippen LogP contribution in [0.15, 0.2) is 48.5 Å². The fraction of sp³-hybridized carbons (Fsp3) is 0.559. The number of carboxylic acid groups (broad SMARTS) is 1. The van der Waals surface area contributed by atoms with Gasteiger partial charge >= 0.3 is 18.2 Å². The number of hydrogen-bond acceptors (Lipinski definition) is 9. The lowest BCUT2D eigenvalue weighted by molar-refractivity contribution is -0.141. The van der Waals surface area contributed by atoms with Gasteiger partial charge in [-0.25, -0.2) is 14.5 Å².